The molecule has 1 aromatic carbocycles. The van der Waals surface area contributed by atoms with Crippen LogP contribution in [0.3, 0.4) is 0 Å². The van der Waals surface area contributed by atoms with Gasteiger partial charge < -0.3 is 14.6 Å². The highest BCUT2D eigenvalue weighted by molar-refractivity contribution is 5.78. The first-order valence-electron chi connectivity index (χ1n) is 11.9. The van der Waals surface area contributed by atoms with Crippen molar-refractivity contribution in [2.45, 2.75) is 19.6 Å². The van der Waals surface area contributed by atoms with Crippen LogP contribution in [0.4, 0.5) is 19.4 Å². The molecule has 0 unspecified atom stereocenters. The van der Waals surface area contributed by atoms with E-state index in [4.69, 9.17) is 14.8 Å². The van der Waals surface area contributed by atoms with E-state index in [1.54, 1.807) is 33.8 Å². The maximum absolute atomic E-state index is 13.7. The molecular formula is C26H22F2N8O2. The number of benzene rings is 1. The molecule has 4 aromatic heterocycles. The summed E-state index contributed by atoms with van der Waals surface area (Å²) in [6.45, 7) is 1.59. The molecule has 38 heavy (non-hydrogen) atoms. The highest BCUT2D eigenvalue weighted by Crippen LogP contribution is 2.34. The van der Waals surface area contributed by atoms with Gasteiger partial charge in [0.15, 0.2) is 5.65 Å². The summed E-state index contributed by atoms with van der Waals surface area (Å²) >= 11 is 0. The van der Waals surface area contributed by atoms with Gasteiger partial charge in [0.05, 0.1) is 31.2 Å². The summed E-state index contributed by atoms with van der Waals surface area (Å²) in [4.78, 5) is 26.7. The van der Waals surface area contributed by atoms with Crippen molar-refractivity contribution in [2.75, 3.05) is 19.0 Å². The summed E-state index contributed by atoms with van der Waals surface area (Å²) < 4.78 is 35.6. The van der Waals surface area contributed by atoms with Gasteiger partial charge in [0.1, 0.15) is 23.2 Å². The monoisotopic (exact) mass is 516 g/mol. The molecular weight excluding hydrogens is 494 g/mol. The fourth-order valence-corrected chi connectivity index (χ4v) is 4.52. The fourth-order valence-electron chi connectivity index (χ4n) is 4.52. The first kappa shape index (κ1) is 23.5. The minimum absolute atomic E-state index is 0.276. The number of rotatable bonds is 5. The Morgan fingerprint density at radius 1 is 1.08 bits per heavy atom. The second kappa shape index (κ2) is 9.54. The van der Waals surface area contributed by atoms with Crippen molar-refractivity contribution in [1.29, 1.82) is 0 Å². The number of carbonyl (C=O) groups excluding carboxylic acids is 1. The van der Waals surface area contributed by atoms with Crippen LogP contribution in [0.5, 0.6) is 0 Å². The zero-order valence-corrected chi connectivity index (χ0v) is 20.3. The molecule has 0 radical (unpaired) electrons. The number of carbonyl (C=O) groups is 1. The number of halogens is 2. The molecule has 1 amide bonds. The second-order valence-corrected chi connectivity index (χ2v) is 8.76. The second-order valence-electron chi connectivity index (χ2n) is 8.76. The molecule has 12 heteroatoms. The van der Waals surface area contributed by atoms with Crippen LogP contribution in [-0.2, 0) is 24.4 Å². The lowest BCUT2D eigenvalue weighted by molar-refractivity contribution is 0.112. The number of ether oxygens (including phenoxy) is 1. The average molecular weight is 517 g/mol. The zero-order valence-electron chi connectivity index (χ0n) is 20.3. The van der Waals surface area contributed by atoms with Crippen LogP contribution in [0.2, 0.25) is 0 Å². The number of pyridine rings is 1. The predicted octanol–water partition coefficient (Wildman–Crippen LogP) is 4.13. The topological polar surface area (TPSA) is 102 Å². The van der Waals surface area contributed by atoms with E-state index in [2.05, 4.69) is 15.3 Å². The molecule has 0 saturated carbocycles. The molecule has 0 bridgehead atoms. The van der Waals surface area contributed by atoms with Crippen LogP contribution < -0.4 is 5.32 Å². The lowest BCUT2D eigenvalue weighted by Crippen LogP contribution is -2.38. The van der Waals surface area contributed by atoms with E-state index in [9.17, 15) is 13.6 Å². The van der Waals surface area contributed by atoms with Gasteiger partial charge in [0.2, 0.25) is 5.95 Å². The summed E-state index contributed by atoms with van der Waals surface area (Å²) in [5.41, 5.74) is 4.12. The lowest BCUT2D eigenvalue weighted by Gasteiger charge is -2.27. The van der Waals surface area contributed by atoms with Crippen molar-refractivity contribution in [3.05, 3.63) is 84.1 Å². The summed E-state index contributed by atoms with van der Waals surface area (Å²) in [5, 5.41) is 7.97. The van der Waals surface area contributed by atoms with Crippen LogP contribution in [0.15, 0.2) is 60.9 Å². The van der Waals surface area contributed by atoms with Gasteiger partial charge >= 0.3 is 6.09 Å². The zero-order chi connectivity index (χ0) is 26.2. The van der Waals surface area contributed by atoms with Crippen molar-refractivity contribution in [2.24, 2.45) is 0 Å². The fraction of sp³-hybridized carbons (Fsp3) is 0.192. The molecule has 1 aliphatic heterocycles. The SMILES string of the molecule is COC(=O)N1CCn2c(nc(-c3ccc(F)cc3)c2-c2ccc3nc(NCc4ccnc(F)c4)cn3n2)C1. The van der Waals surface area contributed by atoms with Crippen LogP contribution in [0, 0.1) is 11.8 Å². The lowest BCUT2D eigenvalue weighted by atomic mass is 10.1. The Balaban J connectivity index is 1.37. The van der Waals surface area contributed by atoms with Crippen molar-refractivity contribution < 1.29 is 18.3 Å². The van der Waals surface area contributed by atoms with Crippen molar-refractivity contribution in [1.82, 2.24) is 34.0 Å². The quantitative estimate of drug-likeness (QED) is 0.351. The standard InChI is InChI=1S/C26H22F2N8O2/c1-38-26(37)34-10-11-35-23(15-34)32-24(17-2-4-18(27)5-3-17)25(35)19-6-7-22-31-21(14-36(22)33-19)30-13-16-8-9-29-20(28)12-16/h2-9,12,14,30H,10-11,13,15H2,1H3. The molecule has 0 spiro atoms. The van der Waals surface area contributed by atoms with E-state index in [-0.39, 0.29) is 12.4 Å². The van der Waals surface area contributed by atoms with Gasteiger partial charge in [-0.25, -0.2) is 28.7 Å². The minimum Gasteiger partial charge on any atom is -0.453 e. The molecule has 5 aromatic rings. The van der Waals surface area contributed by atoms with Gasteiger partial charge in [-0.1, -0.05) is 0 Å². The van der Waals surface area contributed by atoms with Crippen molar-refractivity contribution in [3.63, 3.8) is 0 Å². The number of imidazole rings is 2. The van der Waals surface area contributed by atoms with E-state index in [1.807, 2.05) is 16.7 Å². The molecule has 1 aliphatic rings. The Labute approximate surface area is 215 Å². The Bertz CT molecular complexity index is 1650. The molecule has 5 heterocycles. The van der Waals surface area contributed by atoms with Gasteiger partial charge in [-0.05, 0) is 54.1 Å². The Hall–Kier alpha value is -4.87. The molecule has 0 aliphatic carbocycles. The summed E-state index contributed by atoms with van der Waals surface area (Å²) in [6.07, 6.45) is 2.75. The molecule has 0 atom stereocenters. The predicted molar refractivity (Wildman–Crippen MR) is 134 cm³/mol. The number of aromatic nitrogens is 6. The van der Waals surface area contributed by atoms with Gasteiger partial charge in [0.25, 0.3) is 0 Å². The molecule has 192 valence electrons. The van der Waals surface area contributed by atoms with E-state index in [1.165, 1.54) is 31.5 Å². The Morgan fingerprint density at radius 2 is 1.92 bits per heavy atom. The number of methoxy groups -OCH3 is 1. The Morgan fingerprint density at radius 3 is 2.71 bits per heavy atom. The number of anilines is 1. The van der Waals surface area contributed by atoms with Crippen LogP contribution in [0.1, 0.15) is 11.4 Å². The average Bonchev–Trinajstić information content (AvgIpc) is 3.52. The number of hydrogen-bond donors (Lipinski definition) is 1. The minimum atomic E-state index is -0.540. The van der Waals surface area contributed by atoms with Gasteiger partial charge in [-0.2, -0.15) is 9.49 Å². The Kier molecular flexibility index (Phi) is 5.91. The third-order valence-electron chi connectivity index (χ3n) is 6.35. The first-order chi connectivity index (χ1) is 18.5. The van der Waals surface area contributed by atoms with Crippen LogP contribution in [0.25, 0.3) is 28.3 Å². The third kappa shape index (κ3) is 4.40. The van der Waals surface area contributed by atoms with E-state index < -0.39 is 12.0 Å². The highest BCUT2D eigenvalue weighted by atomic mass is 19.1. The highest BCUT2D eigenvalue weighted by Gasteiger charge is 2.28. The van der Waals surface area contributed by atoms with E-state index >= 15 is 0 Å². The molecule has 1 N–H and O–H groups in total. The van der Waals surface area contributed by atoms with Crippen molar-refractivity contribution in [3.8, 4) is 22.6 Å². The van der Waals surface area contributed by atoms with E-state index in [0.717, 1.165) is 16.8 Å². The number of fused-ring (bicyclic) bond motifs is 2. The normalized spacial score (nSPS) is 13.0. The smallest absolute Gasteiger partial charge is 0.409 e. The van der Waals surface area contributed by atoms with E-state index in [0.29, 0.717) is 48.3 Å². The summed E-state index contributed by atoms with van der Waals surface area (Å²) in [7, 11) is 1.35. The number of hydrogen-bond acceptors (Lipinski definition) is 7. The summed E-state index contributed by atoms with van der Waals surface area (Å²) in [6, 6.07) is 12.9. The van der Waals surface area contributed by atoms with Crippen LogP contribution in [-0.4, -0.2) is 53.8 Å². The van der Waals surface area contributed by atoms with Gasteiger partial charge in [-0.15, -0.1) is 0 Å². The molecule has 0 saturated heterocycles. The number of nitrogens with zero attached hydrogens (tertiary/aromatic N) is 7. The van der Waals surface area contributed by atoms with Crippen molar-refractivity contribution >= 4 is 17.6 Å². The molecule has 6 rings (SSSR count). The first-order valence-corrected chi connectivity index (χ1v) is 11.9. The molecule has 10 nitrogen and oxygen atoms in total. The van der Waals surface area contributed by atoms with Gasteiger partial charge in [-0.3, -0.25) is 4.90 Å². The largest absolute Gasteiger partial charge is 0.453 e. The molecule has 0 fully saturated rings. The third-order valence-corrected chi connectivity index (χ3v) is 6.35. The maximum atomic E-state index is 13.7. The summed E-state index contributed by atoms with van der Waals surface area (Å²) in [5.74, 6) is 0.371. The maximum Gasteiger partial charge on any atom is 0.409 e. The number of nitrogens with one attached hydrogen (secondary N) is 1. The van der Waals surface area contributed by atoms with Crippen LogP contribution >= 0.6 is 0 Å². The van der Waals surface area contributed by atoms with Gasteiger partial charge in [0, 0.05) is 31.4 Å². The number of amides is 1.